The predicted octanol–water partition coefficient (Wildman–Crippen LogP) is 2.99. The van der Waals surface area contributed by atoms with Crippen molar-refractivity contribution < 1.29 is 9.90 Å². The molecule has 0 aromatic carbocycles. The van der Waals surface area contributed by atoms with Gasteiger partial charge in [-0.2, -0.15) is 0 Å². The van der Waals surface area contributed by atoms with Crippen LogP contribution in [0.3, 0.4) is 0 Å². The summed E-state index contributed by atoms with van der Waals surface area (Å²) in [5.74, 6) is 0. The van der Waals surface area contributed by atoms with Gasteiger partial charge in [-0.15, -0.1) is 0 Å². The van der Waals surface area contributed by atoms with Crippen LogP contribution in [0.4, 0.5) is 0 Å². The molecule has 0 radical (unpaired) electrons. The minimum Gasteiger partial charge on any atom is -0.390 e. The molecule has 2 rings (SSSR count). The zero-order valence-electron chi connectivity index (χ0n) is 9.25. The molecule has 0 saturated carbocycles. The monoisotopic (exact) mass is 372 g/mol. The molecule has 0 aliphatic heterocycles. The van der Waals surface area contributed by atoms with Crippen LogP contribution in [0.2, 0.25) is 0 Å². The van der Waals surface area contributed by atoms with E-state index < -0.39 is 0 Å². The smallest absolute Gasteiger partial charge is 0.168 e. The normalized spacial score (nSPS) is 9.28. The van der Waals surface area contributed by atoms with Gasteiger partial charge in [-0.05, 0) is 24.3 Å². The summed E-state index contributed by atoms with van der Waals surface area (Å²) in [4.78, 5) is 17.7. The Bertz CT molecular complexity index is 521. The van der Waals surface area contributed by atoms with Crippen molar-refractivity contribution in [3.63, 3.8) is 0 Å². The van der Waals surface area contributed by atoms with Gasteiger partial charge >= 0.3 is 0 Å². The maximum Gasteiger partial charge on any atom is 0.168 e. The fraction of sp³-hybridized carbons (Fsp3) is 0.0833. The lowest BCUT2D eigenvalue weighted by molar-refractivity contribution is 0.111. The Kier molecular flexibility index (Phi) is 6.70. The minimum atomic E-state index is -0.000556. The molecule has 2 heterocycles. The Hall–Kier alpha value is -1.11. The SMILES string of the molecule is O=Cc1cc(Br)ccn1.OCc1cc(Br)ccn1. The Morgan fingerprint density at radius 1 is 1.11 bits per heavy atom. The first-order valence-corrected chi connectivity index (χ1v) is 6.52. The van der Waals surface area contributed by atoms with Crippen LogP contribution in [-0.2, 0) is 6.61 Å². The Labute approximate surface area is 121 Å². The zero-order valence-corrected chi connectivity index (χ0v) is 12.4. The zero-order chi connectivity index (χ0) is 13.4. The molecule has 0 bridgehead atoms. The van der Waals surface area contributed by atoms with E-state index in [1.807, 2.05) is 6.07 Å². The van der Waals surface area contributed by atoms with Gasteiger partial charge in [-0.3, -0.25) is 14.8 Å². The highest BCUT2D eigenvalue weighted by Crippen LogP contribution is 2.08. The van der Waals surface area contributed by atoms with Crippen LogP contribution in [0.1, 0.15) is 16.2 Å². The van der Waals surface area contributed by atoms with Crippen LogP contribution in [0, 0.1) is 0 Å². The van der Waals surface area contributed by atoms with E-state index in [9.17, 15) is 4.79 Å². The van der Waals surface area contributed by atoms with E-state index in [1.54, 1.807) is 30.6 Å². The molecular weight excluding hydrogens is 364 g/mol. The molecule has 0 unspecified atom stereocenters. The summed E-state index contributed by atoms with van der Waals surface area (Å²) < 4.78 is 1.82. The number of nitrogens with zero attached hydrogens (tertiary/aromatic N) is 2. The number of aromatic nitrogens is 2. The molecule has 0 aliphatic carbocycles. The third-order valence-electron chi connectivity index (χ3n) is 1.80. The van der Waals surface area contributed by atoms with Crippen LogP contribution in [0.15, 0.2) is 45.6 Å². The summed E-state index contributed by atoms with van der Waals surface area (Å²) in [5, 5.41) is 8.58. The van der Waals surface area contributed by atoms with Crippen molar-refractivity contribution in [1.29, 1.82) is 0 Å². The first-order chi connectivity index (χ1) is 8.65. The van der Waals surface area contributed by atoms with Crippen molar-refractivity contribution in [2.45, 2.75) is 6.61 Å². The van der Waals surface area contributed by atoms with E-state index >= 15 is 0 Å². The molecule has 4 nitrogen and oxygen atoms in total. The van der Waals surface area contributed by atoms with Crippen molar-refractivity contribution >= 4 is 38.1 Å². The fourth-order valence-electron chi connectivity index (χ4n) is 1.02. The molecule has 1 N–H and O–H groups in total. The van der Waals surface area contributed by atoms with E-state index in [4.69, 9.17) is 5.11 Å². The van der Waals surface area contributed by atoms with Crippen LogP contribution in [-0.4, -0.2) is 21.4 Å². The largest absolute Gasteiger partial charge is 0.390 e. The Morgan fingerprint density at radius 3 is 2.11 bits per heavy atom. The second-order valence-corrected chi connectivity index (χ2v) is 4.97. The van der Waals surface area contributed by atoms with Gasteiger partial charge in [-0.25, -0.2) is 0 Å². The van der Waals surface area contributed by atoms with Crippen LogP contribution >= 0.6 is 31.9 Å². The Balaban J connectivity index is 0.000000180. The minimum absolute atomic E-state index is 0.000556. The molecule has 18 heavy (non-hydrogen) atoms. The summed E-state index contributed by atoms with van der Waals surface area (Å²) in [6, 6.07) is 7.03. The van der Waals surface area contributed by atoms with Crippen LogP contribution < -0.4 is 0 Å². The molecule has 2 aromatic rings. The average molecular weight is 374 g/mol. The highest BCUT2D eigenvalue weighted by Gasteiger charge is 1.90. The van der Waals surface area contributed by atoms with Gasteiger partial charge in [0.2, 0.25) is 0 Å². The number of pyridine rings is 2. The lowest BCUT2D eigenvalue weighted by atomic mass is 10.4. The number of aliphatic hydroxyl groups is 1. The Morgan fingerprint density at radius 2 is 1.72 bits per heavy atom. The van der Waals surface area contributed by atoms with E-state index in [0.717, 1.165) is 8.95 Å². The molecule has 6 heteroatoms. The third kappa shape index (κ3) is 5.48. The molecule has 0 fully saturated rings. The number of carbonyl (C=O) groups excluding carboxylic acids is 1. The van der Waals surface area contributed by atoms with E-state index in [2.05, 4.69) is 41.8 Å². The average Bonchev–Trinajstić information content (AvgIpc) is 2.39. The number of aldehydes is 1. The standard InChI is InChI=1S/C6H6BrNO.C6H4BrNO/c2*7-5-1-2-8-6(3-5)4-9/h1-3,9H,4H2;1-4H. The van der Waals surface area contributed by atoms with Crippen molar-refractivity contribution in [2.75, 3.05) is 0 Å². The van der Waals surface area contributed by atoms with Gasteiger partial charge < -0.3 is 5.11 Å². The van der Waals surface area contributed by atoms with Gasteiger partial charge in [-0.1, -0.05) is 31.9 Å². The molecular formula is C12H10Br2N2O2. The highest BCUT2D eigenvalue weighted by molar-refractivity contribution is 9.10. The maximum absolute atomic E-state index is 10.1. The highest BCUT2D eigenvalue weighted by atomic mass is 79.9. The molecule has 0 aliphatic rings. The first-order valence-electron chi connectivity index (χ1n) is 4.93. The molecule has 0 saturated heterocycles. The number of hydrogen-bond acceptors (Lipinski definition) is 4. The van der Waals surface area contributed by atoms with Crippen molar-refractivity contribution in [3.8, 4) is 0 Å². The quantitative estimate of drug-likeness (QED) is 0.822. The summed E-state index contributed by atoms with van der Waals surface area (Å²) >= 11 is 6.46. The first kappa shape index (κ1) is 14.9. The molecule has 2 aromatic heterocycles. The number of rotatable bonds is 2. The van der Waals surface area contributed by atoms with Crippen molar-refractivity contribution in [3.05, 3.63) is 57.0 Å². The number of halogens is 2. The lowest BCUT2D eigenvalue weighted by Crippen LogP contribution is -1.85. The third-order valence-corrected chi connectivity index (χ3v) is 2.79. The van der Waals surface area contributed by atoms with E-state index in [1.165, 1.54) is 0 Å². The van der Waals surface area contributed by atoms with Crippen molar-refractivity contribution in [2.24, 2.45) is 0 Å². The second-order valence-electron chi connectivity index (χ2n) is 3.14. The number of carbonyl (C=O) groups is 1. The topological polar surface area (TPSA) is 63.1 Å². The number of hydrogen-bond donors (Lipinski definition) is 1. The number of aliphatic hydroxyl groups excluding tert-OH is 1. The van der Waals surface area contributed by atoms with Gasteiger partial charge in [0, 0.05) is 21.3 Å². The molecule has 0 atom stereocenters. The van der Waals surface area contributed by atoms with Gasteiger partial charge in [0.1, 0.15) is 5.69 Å². The molecule has 94 valence electrons. The summed E-state index contributed by atoms with van der Waals surface area (Å²) in [6.07, 6.45) is 3.94. The fourth-order valence-corrected chi connectivity index (χ4v) is 1.76. The summed E-state index contributed by atoms with van der Waals surface area (Å²) in [5.41, 5.74) is 1.13. The summed E-state index contributed by atoms with van der Waals surface area (Å²) in [7, 11) is 0. The summed E-state index contributed by atoms with van der Waals surface area (Å²) in [6.45, 7) is -0.000556. The van der Waals surface area contributed by atoms with Crippen LogP contribution in [0.25, 0.3) is 0 Å². The van der Waals surface area contributed by atoms with Gasteiger partial charge in [0.15, 0.2) is 6.29 Å². The lowest BCUT2D eigenvalue weighted by Gasteiger charge is -1.92. The van der Waals surface area contributed by atoms with E-state index in [-0.39, 0.29) is 6.61 Å². The van der Waals surface area contributed by atoms with Gasteiger partial charge in [0.25, 0.3) is 0 Å². The van der Waals surface area contributed by atoms with Crippen LogP contribution in [0.5, 0.6) is 0 Å². The molecule has 0 spiro atoms. The van der Waals surface area contributed by atoms with Crippen molar-refractivity contribution in [1.82, 2.24) is 9.97 Å². The predicted molar refractivity (Wildman–Crippen MR) is 75.2 cm³/mol. The second kappa shape index (κ2) is 8.07. The molecule has 0 amide bonds. The van der Waals surface area contributed by atoms with Gasteiger partial charge in [0.05, 0.1) is 12.3 Å². The van der Waals surface area contributed by atoms with E-state index in [0.29, 0.717) is 17.7 Å². The maximum atomic E-state index is 10.1.